The van der Waals surface area contributed by atoms with Crippen LogP contribution in [-0.4, -0.2) is 25.7 Å². The lowest BCUT2D eigenvalue weighted by Gasteiger charge is -2.11. The van der Waals surface area contributed by atoms with Crippen molar-refractivity contribution in [1.29, 1.82) is 0 Å². The molecule has 0 radical (unpaired) electrons. The Hall–Kier alpha value is -0.910. The monoisotopic (exact) mass is 272 g/mol. The Balaban J connectivity index is 2.58. The zero-order valence-electron chi connectivity index (χ0n) is 8.37. The van der Waals surface area contributed by atoms with Gasteiger partial charge in [-0.25, -0.2) is 0 Å². The summed E-state index contributed by atoms with van der Waals surface area (Å²) in [6.45, 7) is 0.208. The summed E-state index contributed by atoms with van der Waals surface area (Å²) < 4.78 is 5.69. The summed E-state index contributed by atoms with van der Waals surface area (Å²) in [6.07, 6.45) is 0. The summed E-state index contributed by atoms with van der Waals surface area (Å²) in [6, 6.07) is 6.67. The lowest BCUT2D eigenvalue weighted by atomic mass is 10.2. The maximum atomic E-state index is 11.5. The van der Waals surface area contributed by atoms with Crippen molar-refractivity contribution in [2.75, 3.05) is 19.0 Å². The standard InChI is InChI=1S/C10H13BrN2O2/c1-15-6-9(12)10(14)13-8-4-2-3-7(11)5-8/h2-5,9H,6,12H2,1H3,(H,13,14). The highest BCUT2D eigenvalue weighted by Crippen LogP contribution is 2.15. The third-order valence-electron chi connectivity index (χ3n) is 1.78. The maximum Gasteiger partial charge on any atom is 0.243 e. The van der Waals surface area contributed by atoms with Gasteiger partial charge in [0, 0.05) is 17.3 Å². The molecule has 0 bridgehead atoms. The van der Waals surface area contributed by atoms with Crippen LogP contribution in [0.5, 0.6) is 0 Å². The fourth-order valence-corrected chi connectivity index (χ4v) is 1.46. The fourth-order valence-electron chi connectivity index (χ4n) is 1.06. The first kappa shape index (κ1) is 12.2. The second-order valence-corrected chi connectivity index (χ2v) is 3.98. The molecule has 0 aromatic heterocycles. The van der Waals surface area contributed by atoms with E-state index in [0.29, 0.717) is 5.69 Å². The molecule has 1 aromatic rings. The van der Waals surface area contributed by atoms with Gasteiger partial charge in [0.05, 0.1) is 6.61 Å². The second kappa shape index (κ2) is 5.85. The minimum atomic E-state index is -0.644. The van der Waals surface area contributed by atoms with Crippen LogP contribution in [0.4, 0.5) is 5.69 Å². The summed E-state index contributed by atoms with van der Waals surface area (Å²) in [7, 11) is 1.51. The number of benzene rings is 1. The molecule has 0 fully saturated rings. The van der Waals surface area contributed by atoms with Gasteiger partial charge < -0.3 is 15.8 Å². The predicted octanol–water partition coefficient (Wildman–Crippen LogP) is 1.36. The normalized spacial score (nSPS) is 12.2. The second-order valence-electron chi connectivity index (χ2n) is 3.06. The minimum absolute atomic E-state index is 0.208. The molecule has 4 nitrogen and oxygen atoms in total. The summed E-state index contributed by atoms with van der Waals surface area (Å²) in [5.41, 5.74) is 6.27. The molecule has 1 unspecified atom stereocenters. The number of halogens is 1. The smallest absolute Gasteiger partial charge is 0.243 e. The van der Waals surface area contributed by atoms with Crippen molar-refractivity contribution in [2.24, 2.45) is 5.73 Å². The molecular weight excluding hydrogens is 260 g/mol. The number of anilines is 1. The van der Waals surface area contributed by atoms with Gasteiger partial charge >= 0.3 is 0 Å². The summed E-state index contributed by atoms with van der Waals surface area (Å²) >= 11 is 3.31. The molecule has 0 saturated carbocycles. The molecule has 5 heteroatoms. The molecule has 1 amide bonds. The van der Waals surface area contributed by atoms with Crippen LogP contribution in [-0.2, 0) is 9.53 Å². The third-order valence-corrected chi connectivity index (χ3v) is 2.27. The first-order chi connectivity index (χ1) is 7.13. The lowest BCUT2D eigenvalue weighted by molar-refractivity contribution is -0.118. The molecule has 0 aliphatic heterocycles. The highest BCUT2D eigenvalue weighted by Gasteiger charge is 2.12. The Morgan fingerprint density at radius 1 is 1.67 bits per heavy atom. The summed E-state index contributed by atoms with van der Waals surface area (Å²) in [5.74, 6) is -0.255. The van der Waals surface area contributed by atoms with E-state index in [-0.39, 0.29) is 12.5 Å². The van der Waals surface area contributed by atoms with Crippen LogP contribution in [0.1, 0.15) is 0 Å². The Kier molecular flexibility index (Phi) is 4.74. The molecular formula is C10H13BrN2O2. The number of nitrogens with one attached hydrogen (secondary N) is 1. The van der Waals surface area contributed by atoms with Gasteiger partial charge in [0.1, 0.15) is 6.04 Å². The van der Waals surface area contributed by atoms with E-state index < -0.39 is 6.04 Å². The topological polar surface area (TPSA) is 64.3 Å². The molecule has 3 N–H and O–H groups in total. The number of hydrogen-bond donors (Lipinski definition) is 2. The fraction of sp³-hybridized carbons (Fsp3) is 0.300. The van der Waals surface area contributed by atoms with Gasteiger partial charge in [-0.2, -0.15) is 0 Å². The maximum absolute atomic E-state index is 11.5. The molecule has 0 saturated heterocycles. The molecule has 82 valence electrons. The number of amides is 1. The van der Waals surface area contributed by atoms with Gasteiger partial charge in [0.15, 0.2) is 0 Å². The van der Waals surface area contributed by atoms with Crippen LogP contribution in [0.25, 0.3) is 0 Å². The minimum Gasteiger partial charge on any atom is -0.383 e. The van der Waals surface area contributed by atoms with Crippen LogP contribution in [0, 0.1) is 0 Å². The van der Waals surface area contributed by atoms with Crippen LogP contribution < -0.4 is 11.1 Å². The van der Waals surface area contributed by atoms with Crippen molar-refractivity contribution in [1.82, 2.24) is 0 Å². The van der Waals surface area contributed by atoms with Gasteiger partial charge in [0.25, 0.3) is 0 Å². The third kappa shape index (κ3) is 3.99. The van der Waals surface area contributed by atoms with Crippen molar-refractivity contribution in [2.45, 2.75) is 6.04 Å². The molecule has 1 atom stereocenters. The number of hydrogen-bond acceptors (Lipinski definition) is 3. The van der Waals surface area contributed by atoms with E-state index in [0.717, 1.165) is 4.47 Å². The summed E-state index contributed by atoms with van der Waals surface area (Å²) in [4.78, 5) is 11.5. The number of ether oxygens (including phenoxy) is 1. The van der Waals surface area contributed by atoms with Gasteiger partial charge in [-0.1, -0.05) is 22.0 Å². The zero-order valence-corrected chi connectivity index (χ0v) is 9.95. The zero-order chi connectivity index (χ0) is 11.3. The molecule has 1 rings (SSSR count). The van der Waals surface area contributed by atoms with Gasteiger partial charge in [-0.3, -0.25) is 4.79 Å². The van der Waals surface area contributed by atoms with Crippen molar-refractivity contribution in [3.8, 4) is 0 Å². The Morgan fingerprint density at radius 3 is 3.00 bits per heavy atom. The van der Waals surface area contributed by atoms with Crippen molar-refractivity contribution in [3.05, 3.63) is 28.7 Å². The molecule has 0 aliphatic carbocycles. The van der Waals surface area contributed by atoms with E-state index >= 15 is 0 Å². The SMILES string of the molecule is COCC(N)C(=O)Nc1cccc(Br)c1. The molecule has 0 heterocycles. The average Bonchev–Trinajstić information content (AvgIpc) is 2.18. The van der Waals surface area contributed by atoms with E-state index in [1.165, 1.54) is 7.11 Å². The average molecular weight is 273 g/mol. The number of rotatable bonds is 4. The number of carbonyl (C=O) groups is 1. The number of carbonyl (C=O) groups excluding carboxylic acids is 1. The Morgan fingerprint density at radius 2 is 2.40 bits per heavy atom. The van der Waals surface area contributed by atoms with Crippen LogP contribution >= 0.6 is 15.9 Å². The largest absolute Gasteiger partial charge is 0.383 e. The Bertz CT molecular complexity index is 344. The van der Waals surface area contributed by atoms with Gasteiger partial charge in [-0.15, -0.1) is 0 Å². The van der Waals surface area contributed by atoms with Crippen LogP contribution in [0.2, 0.25) is 0 Å². The van der Waals surface area contributed by atoms with E-state index in [4.69, 9.17) is 10.5 Å². The van der Waals surface area contributed by atoms with Crippen LogP contribution in [0.15, 0.2) is 28.7 Å². The number of nitrogens with two attached hydrogens (primary N) is 1. The highest BCUT2D eigenvalue weighted by atomic mass is 79.9. The van der Waals surface area contributed by atoms with Gasteiger partial charge in [-0.05, 0) is 18.2 Å². The van der Waals surface area contributed by atoms with Crippen molar-refractivity contribution >= 4 is 27.5 Å². The van der Waals surface area contributed by atoms with E-state index in [1.54, 1.807) is 12.1 Å². The van der Waals surface area contributed by atoms with Crippen molar-refractivity contribution in [3.63, 3.8) is 0 Å². The van der Waals surface area contributed by atoms with Gasteiger partial charge in [0.2, 0.25) is 5.91 Å². The van der Waals surface area contributed by atoms with E-state index in [1.807, 2.05) is 12.1 Å². The van der Waals surface area contributed by atoms with E-state index in [9.17, 15) is 4.79 Å². The predicted molar refractivity (Wildman–Crippen MR) is 62.6 cm³/mol. The summed E-state index contributed by atoms with van der Waals surface area (Å²) in [5, 5.41) is 2.69. The molecule has 15 heavy (non-hydrogen) atoms. The first-order valence-electron chi connectivity index (χ1n) is 4.44. The lowest BCUT2D eigenvalue weighted by Crippen LogP contribution is -2.39. The number of methoxy groups -OCH3 is 1. The van der Waals surface area contributed by atoms with Crippen LogP contribution in [0.3, 0.4) is 0 Å². The van der Waals surface area contributed by atoms with Crippen molar-refractivity contribution < 1.29 is 9.53 Å². The first-order valence-corrected chi connectivity index (χ1v) is 5.23. The molecule has 1 aromatic carbocycles. The van der Waals surface area contributed by atoms with E-state index in [2.05, 4.69) is 21.2 Å². The Labute approximate surface area is 96.9 Å². The molecule has 0 aliphatic rings. The molecule has 0 spiro atoms. The highest BCUT2D eigenvalue weighted by molar-refractivity contribution is 9.10. The quantitative estimate of drug-likeness (QED) is 0.870.